The van der Waals surface area contributed by atoms with Crippen molar-refractivity contribution >= 4 is 6.29 Å². The number of rotatable bonds is 10. The van der Waals surface area contributed by atoms with Crippen LogP contribution in [0.1, 0.15) is 37.6 Å². The Morgan fingerprint density at radius 2 is 1.95 bits per heavy atom. The molecule has 0 saturated carbocycles. The van der Waals surface area contributed by atoms with E-state index < -0.39 is 0 Å². The molecule has 0 aliphatic heterocycles. The van der Waals surface area contributed by atoms with Gasteiger partial charge in [-0.25, -0.2) is 0 Å². The summed E-state index contributed by atoms with van der Waals surface area (Å²) in [7, 11) is 0. The SMILES string of the molecule is CCOc1cccc(C=O)c1OCCOCCC(C)C. The van der Waals surface area contributed by atoms with Crippen molar-refractivity contribution in [1.29, 1.82) is 0 Å². The third kappa shape index (κ3) is 5.61. The van der Waals surface area contributed by atoms with Crippen LogP contribution in [0.2, 0.25) is 0 Å². The first-order chi connectivity index (χ1) is 9.69. The van der Waals surface area contributed by atoms with Crippen LogP contribution in [0.5, 0.6) is 11.5 Å². The largest absolute Gasteiger partial charge is 0.490 e. The molecule has 0 N–H and O–H groups in total. The Balaban J connectivity index is 2.47. The third-order valence-corrected chi connectivity index (χ3v) is 2.75. The standard InChI is InChI=1S/C16H24O4/c1-4-19-15-7-5-6-14(12-17)16(15)20-11-10-18-9-8-13(2)3/h5-7,12-13H,4,8-11H2,1-3H3. The van der Waals surface area contributed by atoms with E-state index in [0.717, 1.165) is 19.3 Å². The van der Waals surface area contributed by atoms with Crippen LogP contribution in [0.4, 0.5) is 0 Å². The van der Waals surface area contributed by atoms with Crippen molar-refractivity contribution in [3.63, 3.8) is 0 Å². The predicted molar refractivity (Wildman–Crippen MR) is 78.8 cm³/mol. The van der Waals surface area contributed by atoms with Gasteiger partial charge in [0, 0.05) is 6.61 Å². The van der Waals surface area contributed by atoms with Crippen LogP contribution in [-0.2, 0) is 4.74 Å². The normalized spacial score (nSPS) is 10.6. The summed E-state index contributed by atoms with van der Waals surface area (Å²) in [6.07, 6.45) is 1.81. The number of hydrogen-bond acceptors (Lipinski definition) is 4. The van der Waals surface area contributed by atoms with Gasteiger partial charge in [-0.3, -0.25) is 4.79 Å². The van der Waals surface area contributed by atoms with Crippen molar-refractivity contribution in [2.45, 2.75) is 27.2 Å². The van der Waals surface area contributed by atoms with Crippen molar-refractivity contribution in [2.75, 3.05) is 26.4 Å². The molecule has 0 bridgehead atoms. The van der Waals surface area contributed by atoms with Gasteiger partial charge < -0.3 is 14.2 Å². The monoisotopic (exact) mass is 280 g/mol. The van der Waals surface area contributed by atoms with E-state index in [9.17, 15) is 4.79 Å². The van der Waals surface area contributed by atoms with Crippen molar-refractivity contribution in [3.05, 3.63) is 23.8 Å². The Labute approximate surface area is 121 Å². The van der Waals surface area contributed by atoms with Crippen LogP contribution in [0, 0.1) is 5.92 Å². The highest BCUT2D eigenvalue weighted by atomic mass is 16.5. The van der Waals surface area contributed by atoms with Crippen LogP contribution in [0.15, 0.2) is 18.2 Å². The summed E-state index contributed by atoms with van der Waals surface area (Å²) in [6.45, 7) is 8.39. The Morgan fingerprint density at radius 1 is 1.15 bits per heavy atom. The van der Waals surface area contributed by atoms with Crippen molar-refractivity contribution in [2.24, 2.45) is 5.92 Å². The second-order valence-electron chi connectivity index (χ2n) is 4.87. The molecule has 0 aliphatic carbocycles. The van der Waals surface area contributed by atoms with Gasteiger partial charge in [0.25, 0.3) is 0 Å². The maximum Gasteiger partial charge on any atom is 0.171 e. The molecule has 1 aromatic carbocycles. The summed E-state index contributed by atoms with van der Waals surface area (Å²) < 4.78 is 16.6. The number of para-hydroxylation sites is 1. The molecule has 112 valence electrons. The Bertz CT molecular complexity index is 401. The van der Waals surface area contributed by atoms with E-state index in [4.69, 9.17) is 14.2 Å². The summed E-state index contributed by atoms with van der Waals surface area (Å²) in [5.74, 6) is 1.73. The van der Waals surface area contributed by atoms with Gasteiger partial charge in [-0.2, -0.15) is 0 Å². The minimum Gasteiger partial charge on any atom is -0.490 e. The minimum absolute atomic E-state index is 0.406. The highest BCUT2D eigenvalue weighted by molar-refractivity contribution is 5.81. The molecule has 1 aromatic rings. The summed E-state index contributed by atoms with van der Waals surface area (Å²) in [4.78, 5) is 11.0. The van der Waals surface area contributed by atoms with Gasteiger partial charge in [0.15, 0.2) is 17.8 Å². The molecule has 0 aliphatic rings. The lowest BCUT2D eigenvalue weighted by Gasteiger charge is -2.14. The smallest absolute Gasteiger partial charge is 0.171 e. The lowest BCUT2D eigenvalue weighted by atomic mass is 10.1. The molecule has 0 heterocycles. The Kier molecular flexibility index (Phi) is 7.73. The first kappa shape index (κ1) is 16.5. The highest BCUT2D eigenvalue weighted by Gasteiger charge is 2.10. The predicted octanol–water partition coefficient (Wildman–Crippen LogP) is 3.34. The van der Waals surface area contributed by atoms with Crippen LogP contribution >= 0.6 is 0 Å². The molecule has 0 atom stereocenters. The van der Waals surface area contributed by atoms with E-state index in [1.165, 1.54) is 0 Å². The first-order valence-electron chi connectivity index (χ1n) is 7.10. The molecule has 1 rings (SSSR count). The van der Waals surface area contributed by atoms with Crippen LogP contribution < -0.4 is 9.47 Å². The van der Waals surface area contributed by atoms with E-state index >= 15 is 0 Å². The van der Waals surface area contributed by atoms with Crippen molar-refractivity contribution in [1.82, 2.24) is 0 Å². The molecule has 0 spiro atoms. The molecule has 4 nitrogen and oxygen atoms in total. The minimum atomic E-state index is 0.406. The Morgan fingerprint density at radius 3 is 2.60 bits per heavy atom. The first-order valence-corrected chi connectivity index (χ1v) is 7.10. The fraction of sp³-hybridized carbons (Fsp3) is 0.562. The number of hydrogen-bond donors (Lipinski definition) is 0. The maximum atomic E-state index is 11.0. The molecule has 0 fully saturated rings. The highest BCUT2D eigenvalue weighted by Crippen LogP contribution is 2.30. The fourth-order valence-electron chi connectivity index (χ4n) is 1.67. The number of carbonyl (C=O) groups excluding carboxylic acids is 1. The number of benzene rings is 1. The quantitative estimate of drug-likeness (QED) is 0.487. The summed E-state index contributed by atoms with van der Waals surface area (Å²) in [5, 5.41) is 0. The molecule has 0 unspecified atom stereocenters. The molecule has 0 amide bonds. The van der Waals surface area contributed by atoms with E-state index in [0.29, 0.717) is 42.8 Å². The zero-order valence-corrected chi connectivity index (χ0v) is 12.6. The molecule has 4 heteroatoms. The molecule has 0 aromatic heterocycles. The zero-order chi connectivity index (χ0) is 14.8. The summed E-state index contributed by atoms with van der Waals surface area (Å²) in [5.41, 5.74) is 0.498. The maximum absolute atomic E-state index is 11.0. The number of ether oxygens (including phenoxy) is 3. The van der Waals surface area contributed by atoms with E-state index in [-0.39, 0.29) is 0 Å². The lowest BCUT2D eigenvalue weighted by Crippen LogP contribution is -2.10. The summed E-state index contributed by atoms with van der Waals surface area (Å²) >= 11 is 0. The van der Waals surface area contributed by atoms with E-state index in [1.54, 1.807) is 18.2 Å². The molecule has 0 saturated heterocycles. The molecule has 0 radical (unpaired) electrons. The van der Waals surface area contributed by atoms with Gasteiger partial charge in [-0.05, 0) is 31.4 Å². The van der Waals surface area contributed by atoms with E-state index in [2.05, 4.69) is 13.8 Å². The van der Waals surface area contributed by atoms with Crippen molar-refractivity contribution < 1.29 is 19.0 Å². The molecular weight excluding hydrogens is 256 g/mol. The van der Waals surface area contributed by atoms with Crippen LogP contribution in [0.25, 0.3) is 0 Å². The zero-order valence-electron chi connectivity index (χ0n) is 12.6. The van der Waals surface area contributed by atoms with Crippen LogP contribution in [-0.4, -0.2) is 32.7 Å². The fourth-order valence-corrected chi connectivity index (χ4v) is 1.67. The second-order valence-corrected chi connectivity index (χ2v) is 4.87. The Hall–Kier alpha value is -1.55. The van der Waals surface area contributed by atoms with Gasteiger partial charge in [0.2, 0.25) is 0 Å². The van der Waals surface area contributed by atoms with Gasteiger partial charge in [0.05, 0.1) is 18.8 Å². The van der Waals surface area contributed by atoms with Crippen LogP contribution in [0.3, 0.4) is 0 Å². The third-order valence-electron chi connectivity index (χ3n) is 2.75. The van der Waals surface area contributed by atoms with E-state index in [1.807, 2.05) is 6.92 Å². The molecular formula is C16H24O4. The number of carbonyl (C=O) groups is 1. The molecule has 20 heavy (non-hydrogen) atoms. The van der Waals surface area contributed by atoms with Gasteiger partial charge in [-0.15, -0.1) is 0 Å². The summed E-state index contributed by atoms with van der Waals surface area (Å²) in [6, 6.07) is 5.29. The lowest BCUT2D eigenvalue weighted by molar-refractivity contribution is 0.0905. The average Bonchev–Trinajstić information content (AvgIpc) is 2.43. The van der Waals surface area contributed by atoms with Crippen molar-refractivity contribution in [3.8, 4) is 11.5 Å². The van der Waals surface area contributed by atoms with Gasteiger partial charge >= 0.3 is 0 Å². The van der Waals surface area contributed by atoms with Gasteiger partial charge in [0.1, 0.15) is 6.61 Å². The number of aldehydes is 1. The average molecular weight is 280 g/mol. The second kappa shape index (κ2) is 9.37. The topological polar surface area (TPSA) is 44.8 Å². The van der Waals surface area contributed by atoms with Gasteiger partial charge in [-0.1, -0.05) is 19.9 Å².